The van der Waals surface area contributed by atoms with Crippen molar-refractivity contribution >= 4 is 11.8 Å². The van der Waals surface area contributed by atoms with Crippen LogP contribution in [0.2, 0.25) is 0 Å². The van der Waals surface area contributed by atoms with Crippen molar-refractivity contribution in [2.24, 2.45) is 0 Å². The smallest absolute Gasteiger partial charge is 0.126 e. The second-order valence-corrected chi connectivity index (χ2v) is 4.39. The Labute approximate surface area is 90.3 Å². The van der Waals surface area contributed by atoms with E-state index in [1.165, 1.54) is 0 Å². The van der Waals surface area contributed by atoms with E-state index >= 15 is 0 Å². The summed E-state index contributed by atoms with van der Waals surface area (Å²) in [6.07, 6.45) is 3.91. The molecule has 80 valence electrons. The predicted molar refractivity (Wildman–Crippen MR) is 62.7 cm³/mol. The van der Waals surface area contributed by atoms with Crippen LogP contribution in [0.4, 0.5) is 0 Å². The fourth-order valence-electron chi connectivity index (χ4n) is 1.42. The first-order chi connectivity index (χ1) is 6.83. The van der Waals surface area contributed by atoms with Crippen LogP contribution in [0.25, 0.3) is 0 Å². The molecule has 0 aliphatic heterocycles. The second-order valence-electron chi connectivity index (χ2n) is 3.07. The summed E-state index contributed by atoms with van der Waals surface area (Å²) < 4.78 is 2.19. The van der Waals surface area contributed by atoms with Gasteiger partial charge in [0, 0.05) is 24.7 Å². The largest absolute Gasteiger partial charge is 0.334 e. The summed E-state index contributed by atoms with van der Waals surface area (Å²) in [4.78, 5) is 4.40. The van der Waals surface area contributed by atoms with E-state index in [-0.39, 0.29) is 0 Å². The summed E-state index contributed by atoms with van der Waals surface area (Å²) >= 11 is 1.94. The molecule has 0 amide bonds. The zero-order valence-electron chi connectivity index (χ0n) is 9.16. The molecule has 0 fully saturated rings. The lowest BCUT2D eigenvalue weighted by Crippen LogP contribution is -2.22. The number of hydrogen-bond acceptors (Lipinski definition) is 3. The van der Waals surface area contributed by atoms with Gasteiger partial charge in [0.2, 0.25) is 0 Å². The second kappa shape index (κ2) is 6.09. The maximum atomic E-state index is 4.40. The van der Waals surface area contributed by atoms with Crippen molar-refractivity contribution in [3.63, 3.8) is 0 Å². The molecule has 1 aromatic rings. The number of aromatic nitrogens is 2. The van der Waals surface area contributed by atoms with Gasteiger partial charge in [-0.1, -0.05) is 6.92 Å². The Bertz CT molecular complexity index is 260. The molecule has 1 N–H and O–H groups in total. The Balaban J connectivity index is 2.67. The van der Waals surface area contributed by atoms with Gasteiger partial charge in [0.15, 0.2) is 0 Å². The molecule has 4 heteroatoms. The molecule has 1 atom stereocenters. The van der Waals surface area contributed by atoms with Crippen molar-refractivity contribution in [1.82, 2.24) is 14.9 Å². The van der Waals surface area contributed by atoms with Gasteiger partial charge in [0.1, 0.15) is 5.82 Å². The number of aryl methyl sites for hydroxylation is 1. The molecule has 0 saturated heterocycles. The number of nitrogens with zero attached hydrogens (tertiary/aromatic N) is 2. The van der Waals surface area contributed by atoms with Gasteiger partial charge in [0.25, 0.3) is 0 Å². The van der Waals surface area contributed by atoms with Crippen LogP contribution in [0.5, 0.6) is 0 Å². The summed E-state index contributed by atoms with van der Waals surface area (Å²) in [5.41, 5.74) is 0. The van der Waals surface area contributed by atoms with E-state index in [0.29, 0.717) is 6.04 Å². The molecule has 1 unspecified atom stereocenters. The molecule has 14 heavy (non-hydrogen) atoms. The molecule has 0 aromatic carbocycles. The third-order valence-electron chi connectivity index (χ3n) is 2.24. The van der Waals surface area contributed by atoms with Gasteiger partial charge in [-0.3, -0.25) is 0 Å². The molecule has 0 saturated carbocycles. The van der Waals surface area contributed by atoms with Gasteiger partial charge in [-0.2, -0.15) is 11.8 Å². The number of thioether (sulfide) groups is 1. The van der Waals surface area contributed by atoms with E-state index in [2.05, 4.69) is 28.7 Å². The Morgan fingerprint density at radius 1 is 1.57 bits per heavy atom. The molecule has 0 aliphatic carbocycles. The van der Waals surface area contributed by atoms with Crippen molar-refractivity contribution in [1.29, 1.82) is 0 Å². The van der Waals surface area contributed by atoms with E-state index in [1.54, 1.807) is 0 Å². The molecule has 0 spiro atoms. The average Bonchev–Trinajstić information content (AvgIpc) is 2.67. The Kier molecular flexibility index (Phi) is 5.04. The Morgan fingerprint density at radius 2 is 2.36 bits per heavy atom. The number of rotatable bonds is 6. The Morgan fingerprint density at radius 3 is 2.93 bits per heavy atom. The van der Waals surface area contributed by atoms with Gasteiger partial charge in [-0.15, -0.1) is 0 Å². The van der Waals surface area contributed by atoms with Crippen molar-refractivity contribution in [3.8, 4) is 0 Å². The Hall–Kier alpha value is -0.480. The SMILES string of the molecule is CCSCC(NC)c1nccn1CC. The maximum Gasteiger partial charge on any atom is 0.126 e. The number of nitrogens with one attached hydrogen (secondary N) is 1. The summed E-state index contributed by atoms with van der Waals surface area (Å²) in [5, 5.41) is 3.31. The highest BCUT2D eigenvalue weighted by molar-refractivity contribution is 7.99. The van der Waals surface area contributed by atoms with E-state index < -0.39 is 0 Å². The molecule has 0 aliphatic rings. The fourth-order valence-corrected chi connectivity index (χ4v) is 2.21. The van der Waals surface area contributed by atoms with Crippen molar-refractivity contribution in [2.75, 3.05) is 18.6 Å². The zero-order chi connectivity index (χ0) is 10.4. The van der Waals surface area contributed by atoms with Crippen LogP contribution >= 0.6 is 11.8 Å². The van der Waals surface area contributed by atoms with Crippen LogP contribution in [-0.4, -0.2) is 28.1 Å². The lowest BCUT2D eigenvalue weighted by molar-refractivity contribution is 0.570. The summed E-state index contributed by atoms with van der Waals surface area (Å²) in [6, 6.07) is 0.370. The minimum absolute atomic E-state index is 0.370. The minimum Gasteiger partial charge on any atom is -0.334 e. The topological polar surface area (TPSA) is 29.9 Å². The molecular weight excluding hydrogens is 194 g/mol. The van der Waals surface area contributed by atoms with Crippen molar-refractivity contribution < 1.29 is 0 Å². The molecule has 1 heterocycles. The first kappa shape index (κ1) is 11.6. The van der Waals surface area contributed by atoms with Crippen LogP contribution in [0, 0.1) is 0 Å². The molecule has 0 radical (unpaired) electrons. The standard InChI is InChI=1S/C10H19N3S/c1-4-13-7-6-12-10(13)9(11-3)8-14-5-2/h6-7,9,11H,4-5,8H2,1-3H3. The normalized spacial score (nSPS) is 13.1. The number of hydrogen-bond donors (Lipinski definition) is 1. The van der Waals surface area contributed by atoms with Gasteiger partial charge >= 0.3 is 0 Å². The molecule has 1 rings (SSSR count). The fraction of sp³-hybridized carbons (Fsp3) is 0.700. The third-order valence-corrected chi connectivity index (χ3v) is 3.21. The van der Waals surface area contributed by atoms with Gasteiger partial charge in [-0.25, -0.2) is 4.98 Å². The molecular formula is C10H19N3S. The molecule has 3 nitrogen and oxygen atoms in total. The van der Waals surface area contributed by atoms with Crippen LogP contribution in [0.1, 0.15) is 25.7 Å². The average molecular weight is 213 g/mol. The van der Waals surface area contributed by atoms with Crippen molar-refractivity contribution in [2.45, 2.75) is 26.4 Å². The van der Waals surface area contributed by atoms with Gasteiger partial charge in [0.05, 0.1) is 6.04 Å². The van der Waals surface area contributed by atoms with Crippen LogP contribution < -0.4 is 5.32 Å². The van der Waals surface area contributed by atoms with Gasteiger partial charge in [-0.05, 0) is 19.7 Å². The lowest BCUT2D eigenvalue weighted by Gasteiger charge is -2.16. The van der Waals surface area contributed by atoms with E-state index in [1.807, 2.05) is 31.2 Å². The van der Waals surface area contributed by atoms with Crippen LogP contribution in [0.15, 0.2) is 12.4 Å². The maximum absolute atomic E-state index is 4.40. The zero-order valence-corrected chi connectivity index (χ0v) is 9.97. The third kappa shape index (κ3) is 2.75. The van der Waals surface area contributed by atoms with Gasteiger partial charge < -0.3 is 9.88 Å². The van der Waals surface area contributed by atoms with E-state index in [4.69, 9.17) is 0 Å². The minimum atomic E-state index is 0.370. The summed E-state index contributed by atoms with van der Waals surface area (Å²) in [7, 11) is 2.00. The predicted octanol–water partition coefficient (Wildman–Crippen LogP) is 1.92. The summed E-state index contributed by atoms with van der Waals surface area (Å²) in [5.74, 6) is 3.39. The van der Waals surface area contributed by atoms with E-state index in [0.717, 1.165) is 23.9 Å². The quantitative estimate of drug-likeness (QED) is 0.783. The highest BCUT2D eigenvalue weighted by Gasteiger charge is 2.13. The van der Waals surface area contributed by atoms with Crippen LogP contribution in [-0.2, 0) is 6.54 Å². The molecule has 1 aromatic heterocycles. The highest BCUT2D eigenvalue weighted by Crippen LogP contribution is 2.16. The molecule has 0 bridgehead atoms. The van der Waals surface area contributed by atoms with Crippen molar-refractivity contribution in [3.05, 3.63) is 18.2 Å². The summed E-state index contributed by atoms with van der Waals surface area (Å²) in [6.45, 7) is 5.32. The number of imidazole rings is 1. The first-order valence-electron chi connectivity index (χ1n) is 5.09. The monoisotopic (exact) mass is 213 g/mol. The lowest BCUT2D eigenvalue weighted by atomic mass is 10.3. The van der Waals surface area contributed by atoms with Crippen LogP contribution in [0.3, 0.4) is 0 Å². The first-order valence-corrected chi connectivity index (χ1v) is 6.25. The van der Waals surface area contributed by atoms with E-state index in [9.17, 15) is 0 Å². The highest BCUT2D eigenvalue weighted by atomic mass is 32.2.